The molecule has 0 bridgehead atoms. The molecule has 0 fully saturated rings. The van der Waals surface area contributed by atoms with Crippen LogP contribution in [0.4, 0.5) is 5.69 Å². The fourth-order valence-corrected chi connectivity index (χ4v) is 2.34. The summed E-state index contributed by atoms with van der Waals surface area (Å²) in [6.07, 6.45) is 1.38. The van der Waals surface area contributed by atoms with Crippen molar-refractivity contribution in [1.29, 1.82) is 0 Å². The van der Waals surface area contributed by atoms with Gasteiger partial charge in [0, 0.05) is 12.2 Å². The lowest BCUT2D eigenvalue weighted by atomic mass is 9.88. The van der Waals surface area contributed by atoms with Gasteiger partial charge >= 0.3 is 5.97 Å². The summed E-state index contributed by atoms with van der Waals surface area (Å²) in [5.41, 5.74) is 2.24. The van der Waals surface area contributed by atoms with Crippen LogP contribution in [0.3, 0.4) is 0 Å². The predicted molar refractivity (Wildman–Crippen MR) is 70.1 cm³/mol. The first kappa shape index (κ1) is 12.7. The number of hydrogen-bond acceptors (Lipinski definition) is 4. The lowest BCUT2D eigenvalue weighted by Gasteiger charge is -2.26. The first-order chi connectivity index (χ1) is 8.74. The van der Waals surface area contributed by atoms with Crippen molar-refractivity contribution in [1.82, 2.24) is 0 Å². The molecule has 98 valence electrons. The molecular formula is C14H19NO3. The zero-order valence-corrected chi connectivity index (χ0v) is 10.9. The second kappa shape index (κ2) is 5.76. The van der Waals surface area contributed by atoms with Crippen LogP contribution in [0.5, 0.6) is 5.75 Å². The maximum atomic E-state index is 11.6. The minimum absolute atomic E-state index is 0.127. The Morgan fingerprint density at radius 1 is 1.50 bits per heavy atom. The molecule has 0 saturated carbocycles. The van der Waals surface area contributed by atoms with E-state index in [-0.39, 0.29) is 11.9 Å². The SMILES string of the molecule is CCOC(=O)CC1CCNc2ccc(OC)cc21. The molecule has 4 heteroatoms. The number of ether oxygens (including phenoxy) is 2. The second-order valence-corrected chi connectivity index (χ2v) is 4.37. The Labute approximate surface area is 107 Å². The third-order valence-electron chi connectivity index (χ3n) is 3.23. The summed E-state index contributed by atoms with van der Waals surface area (Å²) in [4.78, 5) is 11.6. The van der Waals surface area contributed by atoms with Gasteiger partial charge in [0.1, 0.15) is 5.75 Å². The van der Waals surface area contributed by atoms with Gasteiger partial charge in [0.2, 0.25) is 0 Å². The topological polar surface area (TPSA) is 47.6 Å². The molecular weight excluding hydrogens is 230 g/mol. The monoisotopic (exact) mass is 249 g/mol. The third kappa shape index (κ3) is 2.75. The summed E-state index contributed by atoms with van der Waals surface area (Å²) in [5, 5.41) is 3.34. The average Bonchev–Trinajstić information content (AvgIpc) is 2.39. The third-order valence-corrected chi connectivity index (χ3v) is 3.23. The standard InChI is InChI=1S/C14H19NO3/c1-3-18-14(16)8-10-6-7-15-13-5-4-11(17-2)9-12(10)13/h4-5,9-10,15H,3,6-8H2,1-2H3. The average molecular weight is 249 g/mol. The molecule has 1 unspecified atom stereocenters. The van der Waals surface area contributed by atoms with Crippen LogP contribution in [0.1, 0.15) is 31.2 Å². The molecule has 0 saturated heterocycles. The molecule has 0 amide bonds. The van der Waals surface area contributed by atoms with Crippen LogP contribution in [0.15, 0.2) is 18.2 Å². The quantitative estimate of drug-likeness (QED) is 0.833. The van der Waals surface area contributed by atoms with Crippen LogP contribution in [-0.2, 0) is 9.53 Å². The summed E-state index contributed by atoms with van der Waals surface area (Å²) in [6, 6.07) is 5.94. The lowest BCUT2D eigenvalue weighted by molar-refractivity contribution is -0.143. The van der Waals surface area contributed by atoms with Gasteiger partial charge in [-0.2, -0.15) is 0 Å². The summed E-state index contributed by atoms with van der Waals surface area (Å²) >= 11 is 0. The molecule has 0 radical (unpaired) electrons. The zero-order valence-electron chi connectivity index (χ0n) is 10.9. The van der Waals surface area contributed by atoms with Crippen LogP contribution >= 0.6 is 0 Å². The number of fused-ring (bicyclic) bond motifs is 1. The van der Waals surface area contributed by atoms with E-state index in [0.717, 1.165) is 30.0 Å². The van der Waals surface area contributed by atoms with Crippen LogP contribution in [0.25, 0.3) is 0 Å². The maximum Gasteiger partial charge on any atom is 0.306 e. The van der Waals surface area contributed by atoms with E-state index in [4.69, 9.17) is 9.47 Å². The van der Waals surface area contributed by atoms with E-state index in [1.165, 1.54) is 0 Å². The molecule has 1 aromatic carbocycles. The maximum absolute atomic E-state index is 11.6. The Morgan fingerprint density at radius 2 is 2.33 bits per heavy atom. The molecule has 0 spiro atoms. The van der Waals surface area contributed by atoms with Crippen molar-refractivity contribution >= 4 is 11.7 Å². The highest BCUT2D eigenvalue weighted by atomic mass is 16.5. The molecule has 18 heavy (non-hydrogen) atoms. The van der Waals surface area contributed by atoms with Gasteiger partial charge in [-0.1, -0.05) is 0 Å². The van der Waals surface area contributed by atoms with E-state index in [2.05, 4.69) is 5.32 Å². The van der Waals surface area contributed by atoms with Gasteiger partial charge in [-0.05, 0) is 43.0 Å². The van der Waals surface area contributed by atoms with E-state index in [1.54, 1.807) is 7.11 Å². The van der Waals surface area contributed by atoms with Crippen molar-refractivity contribution in [3.8, 4) is 5.75 Å². The van der Waals surface area contributed by atoms with E-state index < -0.39 is 0 Å². The molecule has 1 aliphatic rings. The molecule has 4 nitrogen and oxygen atoms in total. The molecule has 0 aromatic heterocycles. The normalized spacial score (nSPS) is 17.6. The van der Waals surface area contributed by atoms with Crippen molar-refractivity contribution < 1.29 is 14.3 Å². The van der Waals surface area contributed by atoms with Gasteiger partial charge in [-0.3, -0.25) is 4.79 Å². The highest BCUT2D eigenvalue weighted by molar-refractivity contribution is 5.72. The number of nitrogens with one attached hydrogen (secondary N) is 1. The first-order valence-electron chi connectivity index (χ1n) is 6.32. The van der Waals surface area contributed by atoms with Crippen LogP contribution in [0, 0.1) is 0 Å². The number of anilines is 1. The highest BCUT2D eigenvalue weighted by Gasteiger charge is 2.23. The fourth-order valence-electron chi connectivity index (χ4n) is 2.34. The number of carbonyl (C=O) groups is 1. The Kier molecular flexibility index (Phi) is 4.07. The second-order valence-electron chi connectivity index (χ2n) is 4.37. The van der Waals surface area contributed by atoms with Crippen molar-refractivity contribution in [3.05, 3.63) is 23.8 Å². The Balaban J connectivity index is 2.18. The molecule has 1 atom stereocenters. The van der Waals surface area contributed by atoms with E-state index in [0.29, 0.717) is 13.0 Å². The fraction of sp³-hybridized carbons (Fsp3) is 0.500. The number of rotatable bonds is 4. The summed E-state index contributed by atoms with van der Waals surface area (Å²) < 4.78 is 10.3. The van der Waals surface area contributed by atoms with Gasteiger partial charge in [0.05, 0.1) is 20.1 Å². The van der Waals surface area contributed by atoms with E-state index >= 15 is 0 Å². The number of esters is 1. The lowest BCUT2D eigenvalue weighted by Crippen LogP contribution is -2.20. The van der Waals surface area contributed by atoms with Crippen LogP contribution in [-0.4, -0.2) is 26.2 Å². The first-order valence-corrected chi connectivity index (χ1v) is 6.32. The van der Waals surface area contributed by atoms with E-state index in [1.807, 2.05) is 25.1 Å². The summed E-state index contributed by atoms with van der Waals surface area (Å²) in [6.45, 7) is 3.16. The summed E-state index contributed by atoms with van der Waals surface area (Å²) in [7, 11) is 1.65. The number of methoxy groups -OCH3 is 1. The van der Waals surface area contributed by atoms with Gasteiger partial charge in [0.15, 0.2) is 0 Å². The minimum atomic E-state index is -0.127. The molecule has 2 rings (SSSR count). The van der Waals surface area contributed by atoms with Gasteiger partial charge < -0.3 is 14.8 Å². The van der Waals surface area contributed by atoms with Crippen LogP contribution < -0.4 is 10.1 Å². The zero-order chi connectivity index (χ0) is 13.0. The highest BCUT2D eigenvalue weighted by Crippen LogP contribution is 2.36. The van der Waals surface area contributed by atoms with Crippen molar-refractivity contribution in [3.63, 3.8) is 0 Å². The number of benzene rings is 1. The number of carbonyl (C=O) groups excluding carboxylic acids is 1. The Hall–Kier alpha value is -1.71. The minimum Gasteiger partial charge on any atom is -0.497 e. The van der Waals surface area contributed by atoms with Crippen LogP contribution in [0.2, 0.25) is 0 Å². The summed E-state index contributed by atoms with van der Waals surface area (Å²) in [5.74, 6) is 0.917. The predicted octanol–water partition coefficient (Wildman–Crippen LogP) is 2.55. The van der Waals surface area contributed by atoms with Gasteiger partial charge in [0.25, 0.3) is 0 Å². The van der Waals surface area contributed by atoms with Crippen molar-refractivity contribution in [2.45, 2.75) is 25.7 Å². The van der Waals surface area contributed by atoms with Crippen molar-refractivity contribution in [2.75, 3.05) is 25.6 Å². The Bertz CT molecular complexity index is 431. The van der Waals surface area contributed by atoms with Gasteiger partial charge in [-0.25, -0.2) is 0 Å². The number of hydrogen-bond donors (Lipinski definition) is 1. The van der Waals surface area contributed by atoms with Crippen molar-refractivity contribution in [2.24, 2.45) is 0 Å². The smallest absolute Gasteiger partial charge is 0.306 e. The molecule has 1 N–H and O–H groups in total. The van der Waals surface area contributed by atoms with Gasteiger partial charge in [-0.15, -0.1) is 0 Å². The molecule has 0 aliphatic carbocycles. The molecule has 1 aliphatic heterocycles. The van der Waals surface area contributed by atoms with E-state index in [9.17, 15) is 4.79 Å². The largest absolute Gasteiger partial charge is 0.497 e. The molecule has 1 aromatic rings. The molecule has 1 heterocycles. The Morgan fingerprint density at radius 3 is 3.06 bits per heavy atom.